The van der Waals surface area contributed by atoms with Crippen molar-refractivity contribution in [2.45, 2.75) is 31.5 Å². The van der Waals surface area contributed by atoms with Gasteiger partial charge in [0, 0.05) is 25.0 Å². The molecular formula is C11H14N2OS. The zero-order chi connectivity index (χ0) is 10.3. The Labute approximate surface area is 93.1 Å². The van der Waals surface area contributed by atoms with Crippen LogP contribution in [0, 0.1) is 0 Å². The second kappa shape index (κ2) is 3.61. The summed E-state index contributed by atoms with van der Waals surface area (Å²) < 4.78 is 0. The Morgan fingerprint density at radius 1 is 1.60 bits per heavy atom. The van der Waals surface area contributed by atoms with E-state index in [9.17, 15) is 4.79 Å². The number of amides is 1. The lowest BCUT2D eigenvalue weighted by Gasteiger charge is -2.22. The average molecular weight is 222 g/mol. The molecule has 0 spiro atoms. The number of carbonyl (C=O) groups is 1. The van der Waals surface area contributed by atoms with Crippen LogP contribution in [-0.2, 0) is 11.3 Å². The van der Waals surface area contributed by atoms with E-state index >= 15 is 0 Å². The van der Waals surface area contributed by atoms with Gasteiger partial charge in [0.25, 0.3) is 0 Å². The third-order valence-electron chi connectivity index (χ3n) is 3.36. The molecule has 3 rings (SSSR count). The SMILES string of the molecule is O=C1C[C@H]2NCC[C@H]2N1Cc1ccsc1. The number of nitrogens with zero attached hydrogens (tertiary/aromatic N) is 1. The third-order valence-corrected chi connectivity index (χ3v) is 4.09. The maximum Gasteiger partial charge on any atom is 0.224 e. The number of hydrogen-bond acceptors (Lipinski definition) is 3. The van der Waals surface area contributed by atoms with Gasteiger partial charge in [0.15, 0.2) is 0 Å². The molecule has 2 atom stereocenters. The van der Waals surface area contributed by atoms with E-state index in [1.165, 1.54) is 5.56 Å². The van der Waals surface area contributed by atoms with Gasteiger partial charge in [-0.05, 0) is 35.4 Å². The predicted octanol–water partition coefficient (Wildman–Crippen LogP) is 1.21. The Balaban J connectivity index is 1.77. The first-order chi connectivity index (χ1) is 7.34. The Hall–Kier alpha value is -0.870. The van der Waals surface area contributed by atoms with Gasteiger partial charge in [-0.25, -0.2) is 0 Å². The van der Waals surface area contributed by atoms with Crippen LogP contribution in [0.5, 0.6) is 0 Å². The van der Waals surface area contributed by atoms with Crippen molar-refractivity contribution in [3.05, 3.63) is 22.4 Å². The van der Waals surface area contributed by atoms with Crippen molar-refractivity contribution in [3.63, 3.8) is 0 Å². The number of carbonyl (C=O) groups excluding carboxylic acids is 1. The summed E-state index contributed by atoms with van der Waals surface area (Å²) in [6, 6.07) is 2.96. The van der Waals surface area contributed by atoms with Crippen LogP contribution in [0.4, 0.5) is 0 Å². The maximum absolute atomic E-state index is 11.8. The maximum atomic E-state index is 11.8. The van der Waals surface area contributed by atoms with E-state index in [4.69, 9.17) is 0 Å². The zero-order valence-corrected chi connectivity index (χ0v) is 9.30. The van der Waals surface area contributed by atoms with Gasteiger partial charge in [-0.1, -0.05) is 0 Å². The van der Waals surface area contributed by atoms with Crippen LogP contribution in [0.3, 0.4) is 0 Å². The lowest BCUT2D eigenvalue weighted by Crippen LogP contribution is -2.35. The molecular weight excluding hydrogens is 208 g/mol. The molecule has 2 aliphatic heterocycles. The summed E-state index contributed by atoms with van der Waals surface area (Å²) in [5, 5.41) is 7.60. The number of fused-ring (bicyclic) bond motifs is 1. The van der Waals surface area contributed by atoms with Crippen molar-refractivity contribution < 1.29 is 4.79 Å². The number of thiophene rings is 1. The molecule has 80 valence electrons. The fraction of sp³-hybridized carbons (Fsp3) is 0.545. The highest BCUT2D eigenvalue weighted by Gasteiger charge is 2.42. The highest BCUT2D eigenvalue weighted by Crippen LogP contribution is 2.27. The Kier molecular flexibility index (Phi) is 2.25. The van der Waals surface area contributed by atoms with Crippen molar-refractivity contribution in [1.29, 1.82) is 0 Å². The van der Waals surface area contributed by atoms with Gasteiger partial charge in [0.1, 0.15) is 0 Å². The summed E-state index contributed by atoms with van der Waals surface area (Å²) in [7, 11) is 0. The molecule has 2 fully saturated rings. The molecule has 1 N–H and O–H groups in total. The molecule has 2 aliphatic rings. The molecule has 1 aromatic heterocycles. The Morgan fingerprint density at radius 3 is 3.33 bits per heavy atom. The van der Waals surface area contributed by atoms with Crippen molar-refractivity contribution in [2.24, 2.45) is 0 Å². The second-order valence-electron chi connectivity index (χ2n) is 4.27. The Bertz CT molecular complexity index is 363. The fourth-order valence-corrected chi connectivity index (χ4v) is 3.27. The first-order valence-electron chi connectivity index (χ1n) is 5.38. The lowest BCUT2D eigenvalue weighted by atomic mass is 10.1. The number of rotatable bonds is 2. The molecule has 2 saturated heterocycles. The summed E-state index contributed by atoms with van der Waals surface area (Å²) in [6.45, 7) is 1.86. The molecule has 1 amide bonds. The summed E-state index contributed by atoms with van der Waals surface area (Å²) in [4.78, 5) is 13.9. The van der Waals surface area contributed by atoms with Crippen LogP contribution in [0.15, 0.2) is 16.8 Å². The van der Waals surface area contributed by atoms with E-state index in [0.29, 0.717) is 24.4 Å². The third kappa shape index (κ3) is 1.58. The monoisotopic (exact) mass is 222 g/mol. The van der Waals surface area contributed by atoms with Crippen LogP contribution in [0.1, 0.15) is 18.4 Å². The second-order valence-corrected chi connectivity index (χ2v) is 5.05. The van der Waals surface area contributed by atoms with E-state index in [-0.39, 0.29) is 0 Å². The summed E-state index contributed by atoms with van der Waals surface area (Å²) in [5.74, 6) is 0.309. The van der Waals surface area contributed by atoms with Crippen molar-refractivity contribution in [3.8, 4) is 0 Å². The molecule has 0 aromatic carbocycles. The van der Waals surface area contributed by atoms with Gasteiger partial charge in [-0.2, -0.15) is 11.3 Å². The largest absolute Gasteiger partial charge is 0.334 e. The molecule has 3 nitrogen and oxygen atoms in total. The molecule has 1 aromatic rings. The first-order valence-corrected chi connectivity index (χ1v) is 6.33. The van der Waals surface area contributed by atoms with E-state index in [1.54, 1.807) is 11.3 Å². The lowest BCUT2D eigenvalue weighted by molar-refractivity contribution is -0.129. The normalized spacial score (nSPS) is 29.9. The molecule has 0 aliphatic carbocycles. The fourth-order valence-electron chi connectivity index (χ4n) is 2.61. The summed E-state index contributed by atoms with van der Waals surface area (Å²) >= 11 is 1.70. The summed E-state index contributed by atoms with van der Waals surface area (Å²) in [5.41, 5.74) is 1.26. The molecule has 0 saturated carbocycles. The number of hydrogen-bond donors (Lipinski definition) is 1. The first kappa shape index (κ1) is 9.36. The van der Waals surface area contributed by atoms with Gasteiger partial charge in [0.2, 0.25) is 5.91 Å². The van der Waals surface area contributed by atoms with Crippen LogP contribution < -0.4 is 5.32 Å². The van der Waals surface area contributed by atoms with Gasteiger partial charge in [-0.15, -0.1) is 0 Å². The van der Waals surface area contributed by atoms with Crippen LogP contribution >= 0.6 is 11.3 Å². The molecule has 3 heterocycles. The van der Waals surface area contributed by atoms with Crippen LogP contribution in [0.25, 0.3) is 0 Å². The van der Waals surface area contributed by atoms with E-state index in [2.05, 4.69) is 22.1 Å². The molecule has 4 heteroatoms. The van der Waals surface area contributed by atoms with Gasteiger partial charge in [0.05, 0.1) is 0 Å². The smallest absolute Gasteiger partial charge is 0.224 e. The molecule has 0 bridgehead atoms. The minimum Gasteiger partial charge on any atom is -0.334 e. The number of likely N-dealkylation sites (tertiary alicyclic amines) is 1. The highest BCUT2D eigenvalue weighted by atomic mass is 32.1. The zero-order valence-electron chi connectivity index (χ0n) is 8.48. The molecule has 15 heavy (non-hydrogen) atoms. The van der Waals surface area contributed by atoms with E-state index in [0.717, 1.165) is 19.5 Å². The summed E-state index contributed by atoms with van der Waals surface area (Å²) in [6.07, 6.45) is 1.80. The topological polar surface area (TPSA) is 32.3 Å². The average Bonchev–Trinajstić information content (AvgIpc) is 2.86. The van der Waals surface area contributed by atoms with Crippen molar-refractivity contribution >= 4 is 17.2 Å². The van der Waals surface area contributed by atoms with Crippen LogP contribution in [-0.4, -0.2) is 29.4 Å². The Morgan fingerprint density at radius 2 is 2.53 bits per heavy atom. The predicted molar refractivity (Wildman–Crippen MR) is 59.7 cm³/mol. The van der Waals surface area contributed by atoms with Gasteiger partial charge in [-0.3, -0.25) is 4.79 Å². The quantitative estimate of drug-likeness (QED) is 0.816. The van der Waals surface area contributed by atoms with E-state index < -0.39 is 0 Å². The molecule has 0 unspecified atom stereocenters. The van der Waals surface area contributed by atoms with Crippen molar-refractivity contribution in [2.75, 3.05) is 6.54 Å². The van der Waals surface area contributed by atoms with Crippen LogP contribution in [0.2, 0.25) is 0 Å². The van der Waals surface area contributed by atoms with Gasteiger partial charge >= 0.3 is 0 Å². The van der Waals surface area contributed by atoms with Gasteiger partial charge < -0.3 is 10.2 Å². The minimum atomic E-state index is 0.309. The molecule has 0 radical (unpaired) electrons. The standard InChI is InChI=1S/C11H14N2OS/c14-11-5-9-10(1-3-12-9)13(11)6-8-2-4-15-7-8/h2,4,7,9-10,12H,1,3,5-6H2/t9-,10-/m1/s1. The van der Waals surface area contributed by atoms with Crippen molar-refractivity contribution in [1.82, 2.24) is 10.2 Å². The highest BCUT2D eigenvalue weighted by molar-refractivity contribution is 7.07. The minimum absolute atomic E-state index is 0.309. The number of nitrogens with one attached hydrogen (secondary N) is 1. The van der Waals surface area contributed by atoms with E-state index in [1.807, 2.05) is 4.90 Å².